The zero-order valence-electron chi connectivity index (χ0n) is 8.32. The third-order valence-electron chi connectivity index (χ3n) is 2.58. The Morgan fingerprint density at radius 2 is 2.25 bits per heavy atom. The summed E-state index contributed by atoms with van der Waals surface area (Å²) in [6.45, 7) is 0. The molecule has 1 atom stereocenters. The van der Waals surface area contributed by atoms with Crippen molar-refractivity contribution < 1.29 is 14.0 Å². The maximum Gasteiger partial charge on any atom is 0.227 e. The first-order chi connectivity index (χ1) is 7.63. The summed E-state index contributed by atoms with van der Waals surface area (Å²) in [7, 11) is 0. The summed E-state index contributed by atoms with van der Waals surface area (Å²) in [5.41, 5.74) is 0.169. The van der Waals surface area contributed by atoms with E-state index in [2.05, 4.69) is 15.9 Å². The Hall–Kier alpha value is -1.23. The van der Waals surface area contributed by atoms with Crippen LogP contribution in [0.25, 0.3) is 0 Å². The molecule has 1 saturated heterocycles. The average molecular weight is 286 g/mol. The average Bonchev–Trinajstić information content (AvgIpc) is 2.60. The lowest BCUT2D eigenvalue weighted by atomic mass is 10.2. The van der Waals surface area contributed by atoms with E-state index in [9.17, 15) is 14.0 Å². The molecule has 1 fully saturated rings. The minimum Gasteiger partial charge on any atom is -0.301 e. The second-order valence-electron chi connectivity index (χ2n) is 3.60. The van der Waals surface area contributed by atoms with Crippen molar-refractivity contribution in [3.8, 4) is 0 Å². The molecule has 16 heavy (non-hydrogen) atoms. The van der Waals surface area contributed by atoms with Gasteiger partial charge in [0.15, 0.2) is 0 Å². The maximum atomic E-state index is 13.6. The van der Waals surface area contributed by atoms with Gasteiger partial charge in [-0.3, -0.25) is 9.69 Å². The van der Waals surface area contributed by atoms with E-state index in [-0.39, 0.29) is 11.6 Å². The SMILES string of the molecule is O=C[C@@H]1CCC(=O)N1c1ccc(Br)cc1F. The Morgan fingerprint density at radius 3 is 2.88 bits per heavy atom. The molecule has 0 N–H and O–H groups in total. The highest BCUT2D eigenvalue weighted by atomic mass is 79.9. The largest absolute Gasteiger partial charge is 0.301 e. The summed E-state index contributed by atoms with van der Waals surface area (Å²) in [4.78, 5) is 23.6. The number of halogens is 2. The third kappa shape index (κ3) is 1.87. The van der Waals surface area contributed by atoms with Gasteiger partial charge in [0, 0.05) is 10.9 Å². The molecule has 0 aliphatic carbocycles. The summed E-state index contributed by atoms with van der Waals surface area (Å²) in [5, 5.41) is 0. The van der Waals surface area contributed by atoms with E-state index in [0.29, 0.717) is 23.6 Å². The van der Waals surface area contributed by atoms with Gasteiger partial charge in [0.1, 0.15) is 12.1 Å². The lowest BCUT2D eigenvalue weighted by molar-refractivity contribution is -0.118. The molecule has 0 radical (unpaired) electrons. The van der Waals surface area contributed by atoms with Crippen molar-refractivity contribution in [3.05, 3.63) is 28.5 Å². The Kier molecular flexibility index (Phi) is 3.05. The van der Waals surface area contributed by atoms with Gasteiger partial charge in [0.05, 0.1) is 11.7 Å². The molecule has 2 rings (SSSR count). The minimum atomic E-state index is -0.539. The van der Waals surface area contributed by atoms with Gasteiger partial charge in [-0.15, -0.1) is 0 Å². The smallest absolute Gasteiger partial charge is 0.227 e. The first kappa shape index (κ1) is 11.3. The van der Waals surface area contributed by atoms with Gasteiger partial charge in [0.25, 0.3) is 0 Å². The van der Waals surface area contributed by atoms with Gasteiger partial charge >= 0.3 is 0 Å². The first-order valence-corrected chi connectivity index (χ1v) is 5.65. The van der Waals surface area contributed by atoms with Crippen molar-refractivity contribution in [2.24, 2.45) is 0 Å². The molecule has 1 amide bonds. The Balaban J connectivity index is 2.42. The van der Waals surface area contributed by atoms with Gasteiger partial charge in [-0.25, -0.2) is 4.39 Å². The highest BCUT2D eigenvalue weighted by Gasteiger charge is 2.33. The molecule has 1 aliphatic heterocycles. The molecule has 0 saturated carbocycles. The summed E-state index contributed by atoms with van der Waals surface area (Å²) in [6, 6.07) is 3.89. The van der Waals surface area contributed by atoms with Gasteiger partial charge in [-0.05, 0) is 24.6 Å². The number of anilines is 1. The van der Waals surface area contributed by atoms with Gasteiger partial charge < -0.3 is 4.79 Å². The Labute approximate surface area is 100 Å². The fourth-order valence-electron chi connectivity index (χ4n) is 1.82. The summed E-state index contributed by atoms with van der Waals surface area (Å²) in [6.07, 6.45) is 1.43. The van der Waals surface area contributed by atoms with Crippen LogP contribution in [0, 0.1) is 5.82 Å². The molecule has 84 valence electrons. The zero-order chi connectivity index (χ0) is 11.7. The molecular weight excluding hydrogens is 277 g/mol. The van der Waals surface area contributed by atoms with Crippen LogP contribution >= 0.6 is 15.9 Å². The number of hydrogen-bond acceptors (Lipinski definition) is 2. The van der Waals surface area contributed by atoms with Gasteiger partial charge in [-0.1, -0.05) is 15.9 Å². The van der Waals surface area contributed by atoms with Crippen LogP contribution in [0.1, 0.15) is 12.8 Å². The van der Waals surface area contributed by atoms with Crippen LogP contribution in [0.5, 0.6) is 0 Å². The van der Waals surface area contributed by atoms with Crippen LogP contribution in [0.15, 0.2) is 22.7 Å². The van der Waals surface area contributed by atoms with E-state index in [1.165, 1.54) is 17.0 Å². The van der Waals surface area contributed by atoms with Crippen molar-refractivity contribution in [1.82, 2.24) is 0 Å². The molecule has 1 heterocycles. The second-order valence-corrected chi connectivity index (χ2v) is 4.52. The Morgan fingerprint density at radius 1 is 1.50 bits per heavy atom. The highest BCUT2D eigenvalue weighted by molar-refractivity contribution is 9.10. The van der Waals surface area contributed by atoms with Crippen molar-refractivity contribution in [2.75, 3.05) is 4.90 Å². The third-order valence-corrected chi connectivity index (χ3v) is 3.07. The molecule has 0 unspecified atom stereocenters. The highest BCUT2D eigenvalue weighted by Crippen LogP contribution is 2.29. The zero-order valence-corrected chi connectivity index (χ0v) is 9.91. The van der Waals surface area contributed by atoms with Crippen molar-refractivity contribution in [1.29, 1.82) is 0 Å². The van der Waals surface area contributed by atoms with E-state index in [4.69, 9.17) is 0 Å². The fourth-order valence-corrected chi connectivity index (χ4v) is 2.16. The van der Waals surface area contributed by atoms with Crippen LogP contribution in [0.4, 0.5) is 10.1 Å². The van der Waals surface area contributed by atoms with Gasteiger partial charge in [-0.2, -0.15) is 0 Å². The number of carbonyl (C=O) groups excluding carboxylic acids is 2. The second kappa shape index (κ2) is 4.33. The van der Waals surface area contributed by atoms with Gasteiger partial charge in [0.2, 0.25) is 5.91 Å². The van der Waals surface area contributed by atoms with Crippen LogP contribution in [0.2, 0.25) is 0 Å². The van der Waals surface area contributed by atoms with Crippen LogP contribution in [0.3, 0.4) is 0 Å². The lowest BCUT2D eigenvalue weighted by Crippen LogP contribution is -2.34. The quantitative estimate of drug-likeness (QED) is 0.782. The molecule has 0 spiro atoms. The molecule has 5 heteroatoms. The van der Waals surface area contributed by atoms with Crippen LogP contribution in [-0.4, -0.2) is 18.2 Å². The maximum absolute atomic E-state index is 13.6. The molecule has 1 aromatic carbocycles. The van der Waals surface area contributed by atoms with E-state index in [1.807, 2.05) is 0 Å². The van der Waals surface area contributed by atoms with Crippen molar-refractivity contribution >= 4 is 33.8 Å². The molecule has 1 aliphatic rings. The lowest BCUT2D eigenvalue weighted by Gasteiger charge is -2.21. The van der Waals surface area contributed by atoms with Crippen LogP contribution < -0.4 is 4.90 Å². The van der Waals surface area contributed by atoms with E-state index < -0.39 is 11.9 Å². The standard InChI is InChI=1S/C11H9BrFNO2/c12-7-1-3-10(9(13)5-7)14-8(6-15)2-4-11(14)16/h1,3,5-6,8H,2,4H2/t8-/m0/s1. The molecule has 0 aromatic heterocycles. The molecule has 3 nitrogen and oxygen atoms in total. The van der Waals surface area contributed by atoms with Crippen molar-refractivity contribution in [3.63, 3.8) is 0 Å². The monoisotopic (exact) mass is 285 g/mol. The predicted molar refractivity (Wildman–Crippen MR) is 60.7 cm³/mol. The van der Waals surface area contributed by atoms with Crippen LogP contribution in [-0.2, 0) is 9.59 Å². The first-order valence-electron chi connectivity index (χ1n) is 4.86. The minimum absolute atomic E-state index is 0.169. The number of amides is 1. The van der Waals surface area contributed by atoms with E-state index in [1.54, 1.807) is 6.07 Å². The topological polar surface area (TPSA) is 37.4 Å². The summed E-state index contributed by atoms with van der Waals surface area (Å²) < 4.78 is 14.2. The van der Waals surface area contributed by atoms with Crippen molar-refractivity contribution in [2.45, 2.75) is 18.9 Å². The number of rotatable bonds is 2. The molecular formula is C11H9BrFNO2. The molecule has 1 aromatic rings. The van der Waals surface area contributed by atoms with E-state index in [0.717, 1.165) is 0 Å². The molecule has 0 bridgehead atoms. The number of carbonyl (C=O) groups is 2. The summed E-state index contributed by atoms with van der Waals surface area (Å²) in [5.74, 6) is -0.713. The fraction of sp³-hybridized carbons (Fsp3) is 0.273. The normalized spacial score (nSPS) is 20.2. The number of nitrogens with zero attached hydrogens (tertiary/aromatic N) is 1. The Bertz CT molecular complexity index is 450. The number of hydrogen-bond donors (Lipinski definition) is 0. The van der Waals surface area contributed by atoms with E-state index >= 15 is 0 Å². The number of benzene rings is 1. The predicted octanol–water partition coefficient (Wildman–Crippen LogP) is 2.28. The number of aldehydes is 1. The summed E-state index contributed by atoms with van der Waals surface area (Å²) >= 11 is 3.14.